The second-order valence-corrected chi connectivity index (χ2v) is 7.08. The summed E-state index contributed by atoms with van der Waals surface area (Å²) in [6.45, 7) is 7.93. The van der Waals surface area contributed by atoms with Crippen molar-refractivity contribution in [3.8, 4) is 0 Å². The highest BCUT2D eigenvalue weighted by Crippen LogP contribution is 2.34. The van der Waals surface area contributed by atoms with Gasteiger partial charge in [-0.05, 0) is 31.6 Å². The molecule has 0 amide bonds. The van der Waals surface area contributed by atoms with Crippen molar-refractivity contribution in [1.82, 2.24) is 10.3 Å². The molecule has 1 unspecified atom stereocenters. The molecule has 0 aromatic carbocycles. The maximum absolute atomic E-state index is 4.50. The molecule has 1 aliphatic carbocycles. The summed E-state index contributed by atoms with van der Waals surface area (Å²) >= 11 is 1.75. The van der Waals surface area contributed by atoms with Crippen molar-refractivity contribution in [3.05, 3.63) is 16.1 Å². The largest absolute Gasteiger partial charge is 0.314 e. The highest BCUT2D eigenvalue weighted by molar-refractivity contribution is 7.09. The van der Waals surface area contributed by atoms with Gasteiger partial charge >= 0.3 is 0 Å². The molecule has 0 bridgehead atoms. The second kappa shape index (κ2) is 5.49. The normalized spacial score (nSPS) is 23.8. The molecular formula is C14H24N2S. The monoisotopic (exact) mass is 252 g/mol. The van der Waals surface area contributed by atoms with Gasteiger partial charge in [-0.15, -0.1) is 11.3 Å². The van der Waals surface area contributed by atoms with Gasteiger partial charge in [0.1, 0.15) is 0 Å². The Morgan fingerprint density at radius 3 is 3.00 bits per heavy atom. The lowest BCUT2D eigenvalue weighted by molar-refractivity contribution is 0.199. The van der Waals surface area contributed by atoms with Crippen molar-refractivity contribution in [2.24, 2.45) is 5.41 Å². The molecule has 1 fully saturated rings. The lowest BCUT2D eigenvalue weighted by Gasteiger charge is -2.35. The summed E-state index contributed by atoms with van der Waals surface area (Å²) in [6.07, 6.45) is 6.50. The van der Waals surface area contributed by atoms with Gasteiger partial charge in [0, 0.05) is 24.4 Å². The van der Waals surface area contributed by atoms with E-state index in [4.69, 9.17) is 0 Å². The summed E-state index contributed by atoms with van der Waals surface area (Å²) in [5.74, 6) is 0. The lowest BCUT2D eigenvalue weighted by Crippen LogP contribution is -2.38. The zero-order valence-electron chi connectivity index (χ0n) is 11.3. The van der Waals surface area contributed by atoms with Crippen molar-refractivity contribution in [1.29, 1.82) is 0 Å². The number of nitrogens with zero attached hydrogens (tertiary/aromatic N) is 1. The topological polar surface area (TPSA) is 24.9 Å². The Labute approximate surface area is 109 Å². The van der Waals surface area contributed by atoms with E-state index in [2.05, 4.69) is 36.5 Å². The van der Waals surface area contributed by atoms with Crippen LogP contribution in [0.25, 0.3) is 0 Å². The van der Waals surface area contributed by atoms with E-state index >= 15 is 0 Å². The van der Waals surface area contributed by atoms with E-state index in [1.165, 1.54) is 36.4 Å². The van der Waals surface area contributed by atoms with Gasteiger partial charge in [0.15, 0.2) is 0 Å². The van der Waals surface area contributed by atoms with Crippen LogP contribution in [0.5, 0.6) is 0 Å². The number of rotatable bonds is 4. The Morgan fingerprint density at radius 1 is 1.53 bits per heavy atom. The molecule has 1 aromatic rings. The van der Waals surface area contributed by atoms with Crippen LogP contribution in [0.1, 0.15) is 50.2 Å². The highest BCUT2D eigenvalue weighted by Gasteiger charge is 2.27. The van der Waals surface area contributed by atoms with Crippen LogP contribution in [-0.4, -0.2) is 17.6 Å². The Kier molecular flexibility index (Phi) is 4.21. The molecule has 3 heteroatoms. The Balaban J connectivity index is 1.71. The quantitative estimate of drug-likeness (QED) is 0.886. The summed E-state index contributed by atoms with van der Waals surface area (Å²) < 4.78 is 0. The van der Waals surface area contributed by atoms with Crippen LogP contribution in [0.4, 0.5) is 0 Å². The summed E-state index contributed by atoms with van der Waals surface area (Å²) in [6, 6.07) is 0.721. The van der Waals surface area contributed by atoms with Gasteiger partial charge in [-0.2, -0.15) is 0 Å². The van der Waals surface area contributed by atoms with Crippen molar-refractivity contribution in [2.45, 2.75) is 58.9 Å². The number of aromatic nitrogens is 1. The fraction of sp³-hybridized carbons (Fsp3) is 0.786. The van der Waals surface area contributed by atoms with Gasteiger partial charge in [-0.1, -0.05) is 20.3 Å². The van der Waals surface area contributed by atoms with E-state index in [0.717, 1.165) is 19.0 Å². The van der Waals surface area contributed by atoms with Crippen LogP contribution in [0.3, 0.4) is 0 Å². The third-order valence-electron chi connectivity index (χ3n) is 3.69. The van der Waals surface area contributed by atoms with Crippen LogP contribution in [-0.2, 0) is 6.42 Å². The van der Waals surface area contributed by atoms with E-state index in [9.17, 15) is 0 Å². The summed E-state index contributed by atoms with van der Waals surface area (Å²) in [4.78, 5) is 4.50. The zero-order valence-corrected chi connectivity index (χ0v) is 12.1. The third-order valence-corrected chi connectivity index (χ3v) is 4.51. The molecular weight excluding hydrogens is 228 g/mol. The first-order chi connectivity index (χ1) is 8.05. The Bertz CT molecular complexity index is 357. The minimum atomic E-state index is 0.535. The van der Waals surface area contributed by atoms with Crippen LogP contribution in [0.15, 0.2) is 5.38 Å². The molecule has 1 aromatic heterocycles. The predicted octanol–water partition coefficient (Wildman–Crippen LogP) is 3.55. The Hall–Kier alpha value is -0.410. The fourth-order valence-electron chi connectivity index (χ4n) is 2.80. The maximum atomic E-state index is 4.50. The molecule has 96 valence electrons. The molecule has 0 aliphatic heterocycles. The minimum absolute atomic E-state index is 0.535. The van der Waals surface area contributed by atoms with Crippen molar-refractivity contribution in [3.63, 3.8) is 0 Å². The van der Waals surface area contributed by atoms with Crippen molar-refractivity contribution in [2.75, 3.05) is 6.54 Å². The van der Waals surface area contributed by atoms with E-state index in [1.54, 1.807) is 11.3 Å². The summed E-state index contributed by atoms with van der Waals surface area (Å²) in [5.41, 5.74) is 1.78. The zero-order chi connectivity index (χ0) is 12.3. The van der Waals surface area contributed by atoms with Crippen LogP contribution < -0.4 is 5.32 Å². The number of hydrogen-bond donors (Lipinski definition) is 1. The van der Waals surface area contributed by atoms with E-state index in [-0.39, 0.29) is 0 Å². The number of hydrogen-bond acceptors (Lipinski definition) is 3. The molecule has 1 heterocycles. The van der Waals surface area contributed by atoms with E-state index < -0.39 is 0 Å². The summed E-state index contributed by atoms with van der Waals surface area (Å²) in [7, 11) is 0. The molecule has 0 spiro atoms. The van der Waals surface area contributed by atoms with Crippen molar-refractivity contribution >= 4 is 11.3 Å². The summed E-state index contributed by atoms with van der Waals surface area (Å²) in [5, 5.41) is 7.06. The molecule has 1 atom stereocenters. The predicted molar refractivity (Wildman–Crippen MR) is 74.6 cm³/mol. The van der Waals surface area contributed by atoms with Crippen LogP contribution >= 0.6 is 11.3 Å². The molecule has 1 saturated carbocycles. The lowest BCUT2D eigenvalue weighted by atomic mass is 9.75. The van der Waals surface area contributed by atoms with E-state index in [0.29, 0.717) is 5.41 Å². The van der Waals surface area contributed by atoms with Gasteiger partial charge in [-0.25, -0.2) is 4.98 Å². The molecule has 0 radical (unpaired) electrons. The van der Waals surface area contributed by atoms with Crippen LogP contribution in [0.2, 0.25) is 0 Å². The molecule has 1 aliphatic rings. The molecule has 2 nitrogen and oxygen atoms in total. The highest BCUT2D eigenvalue weighted by atomic mass is 32.1. The van der Waals surface area contributed by atoms with E-state index in [1.807, 2.05) is 0 Å². The number of nitrogens with one attached hydrogen (secondary N) is 1. The minimum Gasteiger partial charge on any atom is -0.314 e. The van der Waals surface area contributed by atoms with Crippen molar-refractivity contribution < 1.29 is 0 Å². The average molecular weight is 252 g/mol. The van der Waals surface area contributed by atoms with Gasteiger partial charge in [0.05, 0.1) is 10.7 Å². The van der Waals surface area contributed by atoms with Gasteiger partial charge in [-0.3, -0.25) is 0 Å². The van der Waals surface area contributed by atoms with Crippen LogP contribution in [0, 0.1) is 12.3 Å². The second-order valence-electron chi connectivity index (χ2n) is 6.02. The van der Waals surface area contributed by atoms with Gasteiger partial charge in [0.2, 0.25) is 0 Å². The standard InChI is InChI=1S/C14H24N2S/c1-11-16-13(10-17-11)6-8-15-12-5-4-7-14(2,3)9-12/h10,12,15H,4-9H2,1-3H3. The first-order valence-corrected chi connectivity index (χ1v) is 7.57. The van der Waals surface area contributed by atoms with Gasteiger partial charge in [0.25, 0.3) is 0 Å². The first-order valence-electron chi connectivity index (χ1n) is 6.70. The number of thiazole rings is 1. The molecule has 1 N–H and O–H groups in total. The SMILES string of the molecule is Cc1nc(CCNC2CCCC(C)(C)C2)cs1. The molecule has 0 saturated heterocycles. The molecule has 17 heavy (non-hydrogen) atoms. The third kappa shape index (κ3) is 4.07. The number of aryl methyl sites for hydroxylation is 1. The van der Waals surface area contributed by atoms with Gasteiger partial charge < -0.3 is 5.32 Å². The maximum Gasteiger partial charge on any atom is 0.0897 e. The molecule has 2 rings (SSSR count). The first kappa shape index (κ1) is 13.0. The smallest absolute Gasteiger partial charge is 0.0897 e. The Morgan fingerprint density at radius 2 is 2.35 bits per heavy atom. The fourth-order valence-corrected chi connectivity index (χ4v) is 3.45. The average Bonchev–Trinajstić information content (AvgIpc) is 2.63.